The van der Waals surface area contributed by atoms with Crippen molar-refractivity contribution in [2.45, 2.75) is 13.1 Å². The zero-order valence-corrected chi connectivity index (χ0v) is 17.5. The molecule has 0 radical (unpaired) electrons. The average Bonchev–Trinajstić information content (AvgIpc) is 3.42. The van der Waals surface area contributed by atoms with Crippen molar-refractivity contribution < 1.29 is 9.90 Å². The maximum atomic E-state index is 12.4. The number of amides is 1. The Morgan fingerprint density at radius 3 is 2.39 bits per heavy atom. The van der Waals surface area contributed by atoms with E-state index in [1.165, 1.54) is 4.80 Å². The quantitative estimate of drug-likeness (QED) is 0.397. The molecule has 0 aliphatic carbocycles. The van der Waals surface area contributed by atoms with E-state index >= 15 is 0 Å². The molecule has 0 aliphatic heterocycles. The second kappa shape index (κ2) is 8.83. The Kier molecular flexibility index (Phi) is 5.42. The fourth-order valence-electron chi connectivity index (χ4n) is 3.57. The van der Waals surface area contributed by atoms with E-state index in [4.69, 9.17) is 0 Å². The van der Waals surface area contributed by atoms with E-state index in [0.717, 1.165) is 16.6 Å². The maximum Gasteiger partial charge on any atom is 0.287 e. The van der Waals surface area contributed by atoms with Gasteiger partial charge in [0, 0.05) is 10.9 Å². The smallest absolute Gasteiger partial charge is 0.287 e. The Balaban J connectivity index is 1.38. The normalized spacial score (nSPS) is 11.4. The first kappa shape index (κ1) is 20.3. The Labute approximate surface area is 188 Å². The Hall–Kier alpha value is -4.66. The lowest BCUT2D eigenvalue weighted by atomic mass is 10.2. The largest absolute Gasteiger partial charge is 0.493 e. The molecule has 162 valence electrons. The molecule has 1 N–H and O–H groups in total. The molecule has 5 aromatic rings. The van der Waals surface area contributed by atoms with Crippen LogP contribution >= 0.6 is 0 Å². The fraction of sp³-hybridized carbons (Fsp3) is 0.0833. The minimum Gasteiger partial charge on any atom is -0.493 e. The lowest BCUT2D eigenvalue weighted by molar-refractivity contribution is -0.119. The van der Waals surface area contributed by atoms with Crippen molar-refractivity contribution in [1.82, 2.24) is 24.8 Å². The van der Waals surface area contributed by atoms with E-state index in [0.29, 0.717) is 17.8 Å². The minimum atomic E-state index is -0.564. The zero-order chi connectivity index (χ0) is 22.6. The number of carbonyl (C=O) groups excluding carboxylic acids is 1. The number of aromatic hydroxyl groups is 1. The van der Waals surface area contributed by atoms with Crippen molar-refractivity contribution in [1.29, 1.82) is 0 Å². The van der Waals surface area contributed by atoms with Gasteiger partial charge in [-0.05, 0) is 16.8 Å². The summed E-state index contributed by atoms with van der Waals surface area (Å²) < 4.78 is 1.74. The van der Waals surface area contributed by atoms with Gasteiger partial charge in [-0.2, -0.15) is 4.80 Å². The van der Waals surface area contributed by atoms with Crippen LogP contribution in [-0.2, 0) is 17.9 Å². The molecule has 9 heteroatoms. The molecular weight excluding hydrogens is 418 g/mol. The number of carbonyl (C=O) groups is 1. The van der Waals surface area contributed by atoms with Gasteiger partial charge in [0.15, 0.2) is 5.69 Å². The van der Waals surface area contributed by atoms with Gasteiger partial charge < -0.3 is 9.67 Å². The molecular formula is C24H19N7O2. The number of hydrogen-bond donors (Lipinski definition) is 1. The molecule has 2 heterocycles. The molecule has 0 unspecified atom stereocenters. The SMILES string of the molecule is O=C(Cn1nnc(-c2ccccc2)n1)N=Nc1c(O)n(Cc2ccccc2)c2ccccc12. The zero-order valence-electron chi connectivity index (χ0n) is 17.5. The van der Waals surface area contributed by atoms with Gasteiger partial charge in [-0.25, -0.2) is 0 Å². The van der Waals surface area contributed by atoms with Crippen LogP contribution < -0.4 is 0 Å². The number of nitrogens with zero attached hydrogens (tertiary/aromatic N) is 7. The molecule has 0 saturated heterocycles. The second-order valence-electron chi connectivity index (χ2n) is 7.36. The van der Waals surface area contributed by atoms with Gasteiger partial charge >= 0.3 is 0 Å². The lowest BCUT2D eigenvalue weighted by Gasteiger charge is -2.06. The highest BCUT2D eigenvalue weighted by molar-refractivity contribution is 5.95. The third kappa shape index (κ3) is 4.24. The summed E-state index contributed by atoms with van der Waals surface area (Å²) in [5.41, 5.74) is 2.87. The number of rotatable bonds is 6. The highest BCUT2D eigenvalue weighted by atomic mass is 16.3. The van der Waals surface area contributed by atoms with Crippen molar-refractivity contribution >= 4 is 22.5 Å². The van der Waals surface area contributed by atoms with Crippen LogP contribution in [0.3, 0.4) is 0 Å². The number of aromatic nitrogens is 5. The Bertz CT molecular complexity index is 1440. The molecule has 0 saturated carbocycles. The van der Waals surface area contributed by atoms with Gasteiger partial charge in [-0.15, -0.1) is 20.4 Å². The summed E-state index contributed by atoms with van der Waals surface area (Å²) in [6.07, 6.45) is 0. The van der Waals surface area contributed by atoms with Crippen LogP contribution in [0.25, 0.3) is 22.3 Å². The first-order valence-corrected chi connectivity index (χ1v) is 10.3. The Morgan fingerprint density at radius 2 is 1.61 bits per heavy atom. The topological polar surface area (TPSA) is 111 Å². The third-order valence-corrected chi connectivity index (χ3v) is 5.12. The van der Waals surface area contributed by atoms with Crippen LogP contribution in [0.5, 0.6) is 5.88 Å². The lowest BCUT2D eigenvalue weighted by Crippen LogP contribution is -2.10. The molecule has 0 fully saturated rings. The van der Waals surface area contributed by atoms with Gasteiger partial charge in [0.05, 0.1) is 12.1 Å². The van der Waals surface area contributed by atoms with Crippen LogP contribution in [0.4, 0.5) is 5.69 Å². The van der Waals surface area contributed by atoms with Crippen molar-refractivity contribution in [2.24, 2.45) is 10.2 Å². The molecule has 9 nitrogen and oxygen atoms in total. The summed E-state index contributed by atoms with van der Waals surface area (Å²) in [7, 11) is 0. The summed E-state index contributed by atoms with van der Waals surface area (Å²) in [6, 6.07) is 26.6. The number of azo groups is 1. The first-order valence-electron chi connectivity index (χ1n) is 10.3. The second-order valence-corrected chi connectivity index (χ2v) is 7.36. The predicted octanol–water partition coefficient (Wildman–Crippen LogP) is 4.36. The van der Waals surface area contributed by atoms with Gasteiger partial charge in [0.1, 0.15) is 6.54 Å². The van der Waals surface area contributed by atoms with Crippen molar-refractivity contribution in [2.75, 3.05) is 0 Å². The van der Waals surface area contributed by atoms with E-state index < -0.39 is 5.91 Å². The standard InChI is InChI=1S/C24H19N7O2/c32-21(16-31-28-23(27-29-31)18-11-5-2-6-12-18)25-26-22-19-13-7-8-14-20(19)30(24(22)33)15-17-9-3-1-4-10-17/h1-14,33H,15-16H2. The molecule has 0 aliphatic rings. The summed E-state index contributed by atoms with van der Waals surface area (Å²) in [5.74, 6) is -0.199. The summed E-state index contributed by atoms with van der Waals surface area (Å²) >= 11 is 0. The monoisotopic (exact) mass is 437 g/mol. The number of benzene rings is 3. The van der Waals surface area contributed by atoms with Crippen LogP contribution in [-0.4, -0.2) is 35.8 Å². The van der Waals surface area contributed by atoms with Crippen LogP contribution in [0.2, 0.25) is 0 Å². The molecule has 2 aromatic heterocycles. The summed E-state index contributed by atoms with van der Waals surface area (Å²) in [6.45, 7) is 0.245. The molecule has 0 spiro atoms. The highest BCUT2D eigenvalue weighted by Gasteiger charge is 2.17. The van der Waals surface area contributed by atoms with Crippen molar-refractivity contribution in [3.63, 3.8) is 0 Å². The number of tetrazole rings is 1. The minimum absolute atomic E-state index is 0.0538. The summed E-state index contributed by atoms with van der Waals surface area (Å²) in [5, 5.41) is 31.5. The maximum absolute atomic E-state index is 12.4. The fourth-order valence-corrected chi connectivity index (χ4v) is 3.57. The van der Waals surface area contributed by atoms with E-state index in [2.05, 4.69) is 25.6 Å². The number of hydrogen-bond acceptors (Lipinski definition) is 6. The van der Waals surface area contributed by atoms with Gasteiger partial charge in [-0.3, -0.25) is 4.79 Å². The van der Waals surface area contributed by atoms with Crippen LogP contribution in [0, 0.1) is 0 Å². The molecule has 0 atom stereocenters. The van der Waals surface area contributed by atoms with Crippen LogP contribution in [0.15, 0.2) is 95.2 Å². The number of fused-ring (bicyclic) bond motifs is 1. The van der Waals surface area contributed by atoms with Gasteiger partial charge in [0.25, 0.3) is 5.91 Å². The van der Waals surface area contributed by atoms with Gasteiger partial charge in [-0.1, -0.05) is 78.9 Å². The van der Waals surface area contributed by atoms with Crippen molar-refractivity contribution in [3.8, 4) is 17.3 Å². The number of para-hydroxylation sites is 1. The molecule has 3 aromatic carbocycles. The first-order chi connectivity index (χ1) is 16.2. The average molecular weight is 437 g/mol. The molecule has 33 heavy (non-hydrogen) atoms. The van der Waals surface area contributed by atoms with E-state index in [9.17, 15) is 9.90 Å². The predicted molar refractivity (Wildman–Crippen MR) is 122 cm³/mol. The van der Waals surface area contributed by atoms with E-state index in [1.54, 1.807) is 4.57 Å². The van der Waals surface area contributed by atoms with E-state index in [-0.39, 0.29) is 18.1 Å². The van der Waals surface area contributed by atoms with Crippen LogP contribution in [0.1, 0.15) is 5.56 Å². The molecule has 5 rings (SSSR count). The highest BCUT2D eigenvalue weighted by Crippen LogP contribution is 2.39. The Morgan fingerprint density at radius 1 is 0.909 bits per heavy atom. The van der Waals surface area contributed by atoms with Crippen molar-refractivity contribution in [3.05, 3.63) is 90.5 Å². The van der Waals surface area contributed by atoms with E-state index in [1.807, 2.05) is 84.9 Å². The molecule has 1 amide bonds. The van der Waals surface area contributed by atoms with Gasteiger partial charge in [0.2, 0.25) is 11.7 Å². The molecule has 0 bridgehead atoms. The third-order valence-electron chi connectivity index (χ3n) is 5.12. The summed E-state index contributed by atoms with van der Waals surface area (Å²) in [4.78, 5) is 13.6.